The van der Waals surface area contributed by atoms with Gasteiger partial charge in [-0.05, 0) is 24.1 Å². The van der Waals surface area contributed by atoms with Gasteiger partial charge in [0.2, 0.25) is 0 Å². The molecule has 6 N–H and O–H groups in total. The molecule has 0 radical (unpaired) electrons. The first kappa shape index (κ1) is 16.2. The average Bonchev–Trinajstić information content (AvgIpc) is 2.42. The van der Waals surface area contributed by atoms with E-state index < -0.39 is 12.5 Å². The zero-order valence-electron chi connectivity index (χ0n) is 11.4. The minimum absolute atomic E-state index is 0.0827. The molecule has 7 heteroatoms. The Morgan fingerprint density at radius 1 is 1.25 bits per heavy atom. The van der Waals surface area contributed by atoms with E-state index in [2.05, 4.69) is 15.6 Å². The largest absolute Gasteiger partial charge is 0.388 e. The van der Waals surface area contributed by atoms with Crippen molar-refractivity contribution >= 4 is 11.6 Å². The molecule has 0 aromatic heterocycles. The van der Waals surface area contributed by atoms with Gasteiger partial charge >= 0.3 is 0 Å². The predicted octanol–water partition coefficient (Wildman–Crippen LogP) is 1.12. The van der Waals surface area contributed by atoms with Crippen molar-refractivity contribution in [3.63, 3.8) is 0 Å². The summed E-state index contributed by atoms with van der Waals surface area (Å²) in [5.74, 6) is -0.0827. The van der Waals surface area contributed by atoms with Crippen molar-refractivity contribution in [3.8, 4) is 0 Å². The van der Waals surface area contributed by atoms with E-state index in [4.69, 9.17) is 11.5 Å². The molecule has 20 heavy (non-hydrogen) atoms. The number of nitrogens with zero attached hydrogens (tertiary/aromatic N) is 1. The summed E-state index contributed by atoms with van der Waals surface area (Å²) in [6.45, 7) is 0.559. The van der Waals surface area contributed by atoms with Crippen LogP contribution < -0.4 is 22.1 Å². The number of rotatable bonds is 8. The van der Waals surface area contributed by atoms with Gasteiger partial charge in [0.15, 0.2) is 5.96 Å². The van der Waals surface area contributed by atoms with Crippen LogP contribution in [0.25, 0.3) is 0 Å². The summed E-state index contributed by atoms with van der Waals surface area (Å²) in [5.41, 5.74) is 12.2. The van der Waals surface area contributed by atoms with Gasteiger partial charge < -0.3 is 22.1 Å². The fourth-order valence-corrected chi connectivity index (χ4v) is 1.69. The molecule has 1 aromatic carbocycles. The van der Waals surface area contributed by atoms with Crippen LogP contribution in [0.15, 0.2) is 29.3 Å². The van der Waals surface area contributed by atoms with E-state index in [0.29, 0.717) is 6.54 Å². The maximum atomic E-state index is 12.9. The third kappa shape index (κ3) is 5.83. The number of nitrogens with two attached hydrogens (primary N) is 2. The zero-order chi connectivity index (χ0) is 15.0. The Labute approximate surface area is 117 Å². The highest BCUT2D eigenvalue weighted by Crippen LogP contribution is 2.10. The van der Waals surface area contributed by atoms with Gasteiger partial charge in [-0.25, -0.2) is 8.78 Å². The van der Waals surface area contributed by atoms with Gasteiger partial charge in [0.25, 0.3) is 6.43 Å². The molecule has 0 aliphatic heterocycles. The number of halogens is 2. The van der Waals surface area contributed by atoms with Crippen molar-refractivity contribution < 1.29 is 8.78 Å². The number of guanidine groups is 1. The molecular formula is C13H21F2N5. The van der Waals surface area contributed by atoms with E-state index in [1.807, 2.05) is 31.3 Å². The third-order valence-corrected chi connectivity index (χ3v) is 2.85. The molecule has 1 rings (SSSR count). The summed E-state index contributed by atoms with van der Waals surface area (Å²) in [7, 11) is 1.82. The lowest BCUT2D eigenvalue weighted by Gasteiger charge is -2.17. The maximum Gasteiger partial charge on any atom is 0.253 e. The Balaban J connectivity index is 2.47. The molecule has 0 bridgehead atoms. The van der Waals surface area contributed by atoms with Crippen LogP contribution >= 0.6 is 0 Å². The number of hydrogen-bond acceptors (Lipinski definition) is 3. The molecule has 0 heterocycles. The van der Waals surface area contributed by atoms with E-state index >= 15 is 0 Å². The second kappa shape index (κ2) is 8.31. The minimum Gasteiger partial charge on any atom is -0.388 e. The fraction of sp³-hybridized carbons (Fsp3) is 0.462. The van der Waals surface area contributed by atoms with Crippen LogP contribution in [0.2, 0.25) is 0 Å². The SMILES string of the molecule is CNc1ccc(CNC(CCN=C(N)N)C(F)F)cc1. The van der Waals surface area contributed by atoms with E-state index in [1.54, 1.807) is 0 Å². The van der Waals surface area contributed by atoms with Crippen LogP contribution in [-0.4, -0.2) is 32.0 Å². The first-order chi connectivity index (χ1) is 9.52. The third-order valence-electron chi connectivity index (χ3n) is 2.85. The molecule has 1 unspecified atom stereocenters. The Morgan fingerprint density at radius 2 is 1.90 bits per heavy atom. The summed E-state index contributed by atoms with van der Waals surface area (Å²) in [4.78, 5) is 3.72. The van der Waals surface area contributed by atoms with Crippen molar-refractivity contribution in [2.24, 2.45) is 16.5 Å². The van der Waals surface area contributed by atoms with Gasteiger partial charge in [-0.2, -0.15) is 0 Å². The predicted molar refractivity (Wildman–Crippen MR) is 77.9 cm³/mol. The van der Waals surface area contributed by atoms with Gasteiger partial charge in [-0.15, -0.1) is 0 Å². The number of benzene rings is 1. The molecule has 1 aromatic rings. The second-order valence-electron chi connectivity index (χ2n) is 4.36. The fourth-order valence-electron chi connectivity index (χ4n) is 1.69. The lowest BCUT2D eigenvalue weighted by Crippen LogP contribution is -2.36. The quantitative estimate of drug-likeness (QED) is 0.425. The normalized spacial score (nSPS) is 12.2. The molecule has 1 atom stereocenters. The highest BCUT2D eigenvalue weighted by molar-refractivity contribution is 5.75. The molecule has 0 aliphatic rings. The van der Waals surface area contributed by atoms with Gasteiger partial charge in [0.1, 0.15) is 0 Å². The second-order valence-corrected chi connectivity index (χ2v) is 4.36. The molecule has 5 nitrogen and oxygen atoms in total. The van der Waals surface area contributed by atoms with E-state index in [1.165, 1.54) is 0 Å². The number of anilines is 1. The van der Waals surface area contributed by atoms with E-state index in [-0.39, 0.29) is 18.9 Å². The lowest BCUT2D eigenvalue weighted by molar-refractivity contribution is 0.0943. The summed E-state index contributed by atoms with van der Waals surface area (Å²) < 4.78 is 25.7. The Morgan fingerprint density at radius 3 is 2.40 bits per heavy atom. The van der Waals surface area contributed by atoms with Crippen LogP contribution in [0.5, 0.6) is 0 Å². The van der Waals surface area contributed by atoms with Gasteiger partial charge in [0, 0.05) is 25.8 Å². The molecule has 112 valence electrons. The van der Waals surface area contributed by atoms with E-state index in [0.717, 1.165) is 11.3 Å². The van der Waals surface area contributed by atoms with Crippen molar-refractivity contribution in [3.05, 3.63) is 29.8 Å². The first-order valence-corrected chi connectivity index (χ1v) is 6.36. The number of nitrogens with one attached hydrogen (secondary N) is 2. The van der Waals surface area contributed by atoms with Crippen LogP contribution in [0.1, 0.15) is 12.0 Å². The molecule has 0 saturated carbocycles. The molecule has 0 spiro atoms. The van der Waals surface area contributed by atoms with Crippen LogP contribution in [-0.2, 0) is 6.54 Å². The molecule has 0 aliphatic carbocycles. The Hall–Kier alpha value is -1.89. The van der Waals surface area contributed by atoms with Crippen LogP contribution in [0, 0.1) is 0 Å². The monoisotopic (exact) mass is 285 g/mol. The van der Waals surface area contributed by atoms with Crippen molar-refractivity contribution in [1.29, 1.82) is 0 Å². The first-order valence-electron chi connectivity index (χ1n) is 6.36. The summed E-state index contributed by atoms with van der Waals surface area (Å²) in [6, 6.07) is 6.64. The van der Waals surface area contributed by atoms with Crippen LogP contribution in [0.3, 0.4) is 0 Å². The van der Waals surface area contributed by atoms with Gasteiger partial charge in [-0.3, -0.25) is 4.99 Å². The molecule has 0 fully saturated rings. The number of alkyl halides is 2. The minimum atomic E-state index is -2.46. The summed E-state index contributed by atoms with van der Waals surface area (Å²) in [5, 5.41) is 5.82. The highest BCUT2D eigenvalue weighted by Gasteiger charge is 2.19. The topological polar surface area (TPSA) is 88.5 Å². The van der Waals surface area contributed by atoms with Crippen molar-refractivity contribution in [2.75, 3.05) is 18.9 Å². The maximum absolute atomic E-state index is 12.9. The smallest absolute Gasteiger partial charge is 0.253 e. The van der Waals surface area contributed by atoms with Crippen LogP contribution in [0.4, 0.5) is 14.5 Å². The number of aliphatic imine (C=N–C) groups is 1. The van der Waals surface area contributed by atoms with E-state index in [9.17, 15) is 8.78 Å². The van der Waals surface area contributed by atoms with Crippen molar-refractivity contribution in [1.82, 2.24) is 5.32 Å². The Kier molecular flexibility index (Phi) is 6.72. The molecule has 0 saturated heterocycles. The number of hydrogen-bond donors (Lipinski definition) is 4. The Bertz CT molecular complexity index is 415. The lowest BCUT2D eigenvalue weighted by atomic mass is 10.1. The zero-order valence-corrected chi connectivity index (χ0v) is 11.4. The molecule has 0 amide bonds. The van der Waals surface area contributed by atoms with Gasteiger partial charge in [0.05, 0.1) is 6.04 Å². The summed E-state index contributed by atoms with van der Waals surface area (Å²) >= 11 is 0. The average molecular weight is 285 g/mol. The standard InChI is InChI=1S/C13H21F2N5/c1-18-10-4-2-9(3-5-10)8-20-11(12(14)15)6-7-19-13(16)17/h2-5,11-12,18,20H,6-8H2,1H3,(H4,16,17,19). The highest BCUT2D eigenvalue weighted by atomic mass is 19.3. The van der Waals surface area contributed by atoms with Crippen molar-refractivity contribution in [2.45, 2.75) is 25.4 Å². The molecular weight excluding hydrogens is 264 g/mol. The van der Waals surface area contributed by atoms with Gasteiger partial charge in [-0.1, -0.05) is 12.1 Å². The summed E-state index contributed by atoms with van der Waals surface area (Å²) in [6.07, 6.45) is -2.27.